The highest BCUT2D eigenvalue weighted by molar-refractivity contribution is 9.10. The number of aryl methyl sites for hydroxylation is 1. The molecule has 1 unspecified atom stereocenters. The predicted molar refractivity (Wildman–Crippen MR) is 164 cm³/mol. The summed E-state index contributed by atoms with van der Waals surface area (Å²) in [5.74, 6) is 1.15. The Hall–Kier alpha value is -4.94. The van der Waals surface area contributed by atoms with Gasteiger partial charge in [0.05, 0.1) is 12.5 Å². The van der Waals surface area contributed by atoms with Crippen molar-refractivity contribution in [1.29, 1.82) is 5.26 Å². The molecule has 0 aromatic heterocycles. The van der Waals surface area contributed by atoms with Crippen molar-refractivity contribution >= 4 is 21.9 Å². The molecule has 0 aliphatic carbocycles. The number of hydrogen-bond donors (Lipinski definition) is 1. The van der Waals surface area contributed by atoms with Crippen LogP contribution in [-0.2, 0) is 11.4 Å². The summed E-state index contributed by atoms with van der Waals surface area (Å²) in [5, 5.41) is 10.0. The summed E-state index contributed by atoms with van der Waals surface area (Å²) in [6.07, 6.45) is 0. The predicted octanol–water partition coefficient (Wildman–Crippen LogP) is 6.94. The van der Waals surface area contributed by atoms with Gasteiger partial charge in [0.25, 0.3) is 0 Å². The van der Waals surface area contributed by atoms with E-state index in [0.29, 0.717) is 41.8 Å². The van der Waals surface area contributed by atoms with Gasteiger partial charge in [-0.2, -0.15) is 5.26 Å². The molecule has 1 heterocycles. The number of halogens is 1. The molecule has 43 heavy (non-hydrogen) atoms. The van der Waals surface area contributed by atoms with Crippen LogP contribution in [0.3, 0.4) is 0 Å². The quantitative estimate of drug-likeness (QED) is 0.146. The van der Waals surface area contributed by atoms with Crippen LogP contribution >= 0.6 is 15.9 Å². The van der Waals surface area contributed by atoms with Gasteiger partial charge in [-0.25, -0.2) is 4.79 Å². The van der Waals surface area contributed by atoms with E-state index >= 15 is 0 Å². The number of carbonyl (C=O) groups is 1. The minimum atomic E-state index is -0.584. The van der Waals surface area contributed by atoms with Gasteiger partial charge in [0.15, 0.2) is 18.1 Å². The van der Waals surface area contributed by atoms with Gasteiger partial charge in [0.2, 0.25) is 5.88 Å². The second-order valence-corrected chi connectivity index (χ2v) is 10.7. The fraction of sp³-hybridized carbons (Fsp3) is 0.176. The lowest BCUT2D eigenvalue weighted by molar-refractivity contribution is -0.136. The SMILES string of the molecule is CCOc1cc(C2C(C#N)=C(N)Oc3cc(OC(=O)COc4ccc(Br)cc4)ccc32)ccc1OCc1ccc(C)cc1. The monoisotopic (exact) mass is 640 g/mol. The summed E-state index contributed by atoms with van der Waals surface area (Å²) >= 11 is 3.36. The molecule has 0 bridgehead atoms. The van der Waals surface area contributed by atoms with E-state index in [1.807, 2.05) is 68.4 Å². The highest BCUT2D eigenvalue weighted by Crippen LogP contribution is 2.45. The van der Waals surface area contributed by atoms with Crippen molar-refractivity contribution in [3.8, 4) is 34.8 Å². The van der Waals surface area contributed by atoms with Gasteiger partial charge in [0, 0.05) is 16.1 Å². The zero-order valence-electron chi connectivity index (χ0n) is 23.6. The Balaban J connectivity index is 1.36. The van der Waals surface area contributed by atoms with Gasteiger partial charge in [-0.15, -0.1) is 0 Å². The lowest BCUT2D eigenvalue weighted by atomic mass is 9.83. The highest BCUT2D eigenvalue weighted by Gasteiger charge is 2.32. The maximum atomic E-state index is 12.5. The first kappa shape index (κ1) is 29.5. The number of carbonyl (C=O) groups excluding carboxylic acids is 1. The first-order chi connectivity index (χ1) is 20.8. The second-order valence-electron chi connectivity index (χ2n) is 9.75. The molecule has 9 heteroatoms. The highest BCUT2D eigenvalue weighted by atomic mass is 79.9. The number of benzene rings is 4. The fourth-order valence-electron chi connectivity index (χ4n) is 4.61. The van der Waals surface area contributed by atoms with Crippen LogP contribution in [0.5, 0.6) is 28.7 Å². The fourth-order valence-corrected chi connectivity index (χ4v) is 4.88. The van der Waals surface area contributed by atoms with Crippen molar-refractivity contribution in [3.63, 3.8) is 0 Å². The van der Waals surface area contributed by atoms with E-state index in [1.54, 1.807) is 30.3 Å². The third kappa shape index (κ3) is 7.11. The average molecular weight is 642 g/mol. The Morgan fingerprint density at radius 2 is 1.67 bits per heavy atom. The summed E-state index contributed by atoms with van der Waals surface area (Å²) in [6.45, 7) is 4.47. The van der Waals surface area contributed by atoms with E-state index in [-0.39, 0.29) is 23.8 Å². The van der Waals surface area contributed by atoms with E-state index in [1.165, 1.54) is 5.56 Å². The topological polar surface area (TPSA) is 113 Å². The van der Waals surface area contributed by atoms with Crippen LogP contribution in [0.4, 0.5) is 0 Å². The van der Waals surface area contributed by atoms with Crippen molar-refractivity contribution < 1.29 is 28.5 Å². The number of esters is 1. The summed E-state index contributed by atoms with van der Waals surface area (Å²) in [7, 11) is 0. The second kappa shape index (κ2) is 13.4. The molecular formula is C34H29BrN2O6. The summed E-state index contributed by atoms with van der Waals surface area (Å²) < 4.78 is 29.7. The smallest absolute Gasteiger partial charge is 0.349 e. The molecule has 0 fully saturated rings. The molecule has 218 valence electrons. The van der Waals surface area contributed by atoms with Gasteiger partial charge in [-0.05, 0) is 67.4 Å². The number of nitrogens with zero attached hydrogens (tertiary/aromatic N) is 1. The third-order valence-corrected chi connectivity index (χ3v) is 7.24. The number of hydrogen-bond acceptors (Lipinski definition) is 8. The lowest BCUT2D eigenvalue weighted by Crippen LogP contribution is -2.22. The Bertz CT molecular complexity index is 1690. The summed E-state index contributed by atoms with van der Waals surface area (Å²) in [5.41, 5.74) is 10.1. The Labute approximate surface area is 258 Å². The van der Waals surface area contributed by atoms with Gasteiger partial charge >= 0.3 is 5.97 Å². The first-order valence-electron chi connectivity index (χ1n) is 13.6. The Morgan fingerprint density at radius 3 is 2.40 bits per heavy atom. The normalized spacial score (nSPS) is 13.8. The number of nitrogens with two attached hydrogens (primary N) is 1. The molecular weight excluding hydrogens is 612 g/mol. The number of allylic oxidation sites excluding steroid dienone is 1. The molecule has 0 amide bonds. The number of ether oxygens (including phenoxy) is 5. The van der Waals surface area contributed by atoms with Crippen molar-refractivity contribution in [2.75, 3.05) is 13.2 Å². The van der Waals surface area contributed by atoms with Crippen LogP contribution in [0.1, 0.15) is 35.1 Å². The minimum Gasteiger partial charge on any atom is -0.490 e. The van der Waals surface area contributed by atoms with Crippen molar-refractivity contribution in [3.05, 3.63) is 123 Å². The summed E-state index contributed by atoms with van der Waals surface area (Å²) in [4.78, 5) is 12.5. The Morgan fingerprint density at radius 1 is 0.930 bits per heavy atom. The van der Waals surface area contributed by atoms with Crippen molar-refractivity contribution in [2.45, 2.75) is 26.4 Å². The van der Waals surface area contributed by atoms with Crippen LogP contribution in [0.25, 0.3) is 0 Å². The van der Waals surface area contributed by atoms with Gasteiger partial charge in [-0.1, -0.05) is 57.9 Å². The zero-order chi connectivity index (χ0) is 30.3. The van der Waals surface area contributed by atoms with Gasteiger partial charge in [-0.3, -0.25) is 0 Å². The van der Waals surface area contributed by atoms with Crippen LogP contribution in [-0.4, -0.2) is 19.2 Å². The molecule has 1 aliphatic rings. The van der Waals surface area contributed by atoms with E-state index in [0.717, 1.165) is 15.6 Å². The molecule has 0 saturated heterocycles. The van der Waals surface area contributed by atoms with Crippen LogP contribution in [0.2, 0.25) is 0 Å². The molecule has 1 atom stereocenters. The standard InChI is InChI=1S/C34H29BrN2O6/c1-3-39-31-16-23(8-15-29(31)41-19-22-6-4-21(2)5-7-22)33-27-14-13-26(17-30(27)43-34(37)28(33)18-36)42-32(38)20-40-25-11-9-24(35)10-12-25/h4-17,33H,3,19-20,37H2,1-2H3. The molecule has 1 aliphatic heterocycles. The van der Waals surface area contributed by atoms with E-state index < -0.39 is 11.9 Å². The van der Waals surface area contributed by atoms with Crippen LogP contribution in [0.15, 0.2) is 101 Å². The van der Waals surface area contributed by atoms with E-state index in [4.69, 9.17) is 29.4 Å². The number of rotatable bonds is 10. The molecule has 2 N–H and O–H groups in total. The molecule has 0 spiro atoms. The van der Waals surface area contributed by atoms with Crippen LogP contribution in [0, 0.1) is 18.3 Å². The van der Waals surface area contributed by atoms with Gasteiger partial charge in [0.1, 0.15) is 35.5 Å². The van der Waals surface area contributed by atoms with Crippen molar-refractivity contribution in [2.24, 2.45) is 5.73 Å². The molecule has 4 aromatic carbocycles. The zero-order valence-corrected chi connectivity index (χ0v) is 25.2. The Kier molecular flexibility index (Phi) is 9.18. The molecule has 0 saturated carbocycles. The molecule has 0 radical (unpaired) electrons. The lowest BCUT2D eigenvalue weighted by Gasteiger charge is -2.27. The molecule has 4 aromatic rings. The average Bonchev–Trinajstić information content (AvgIpc) is 3.00. The third-order valence-electron chi connectivity index (χ3n) is 6.71. The largest absolute Gasteiger partial charge is 0.490 e. The molecule has 8 nitrogen and oxygen atoms in total. The van der Waals surface area contributed by atoms with E-state index in [9.17, 15) is 10.1 Å². The first-order valence-corrected chi connectivity index (χ1v) is 14.4. The number of nitriles is 1. The number of fused-ring (bicyclic) bond motifs is 1. The van der Waals surface area contributed by atoms with E-state index in [2.05, 4.69) is 22.0 Å². The van der Waals surface area contributed by atoms with Gasteiger partial charge < -0.3 is 29.4 Å². The van der Waals surface area contributed by atoms with Crippen LogP contribution < -0.4 is 29.4 Å². The summed E-state index contributed by atoms with van der Waals surface area (Å²) in [6, 6.07) is 28.0. The van der Waals surface area contributed by atoms with Crippen molar-refractivity contribution in [1.82, 2.24) is 0 Å². The maximum Gasteiger partial charge on any atom is 0.349 e. The minimum absolute atomic E-state index is 0.0281. The molecule has 5 rings (SSSR count). The maximum absolute atomic E-state index is 12.5.